The first-order valence-electron chi connectivity index (χ1n) is 9.04. The van der Waals surface area contributed by atoms with Crippen molar-refractivity contribution in [1.29, 1.82) is 0 Å². The number of carbonyl (C=O) groups is 2. The fraction of sp³-hybridized carbons (Fsp3) is 0.500. The molecule has 1 fully saturated rings. The Morgan fingerprint density at radius 3 is 2.85 bits per heavy atom. The van der Waals surface area contributed by atoms with Crippen molar-refractivity contribution in [3.8, 4) is 0 Å². The molecule has 1 saturated heterocycles. The number of ether oxygens (including phenoxy) is 1. The van der Waals surface area contributed by atoms with Crippen LogP contribution in [-0.4, -0.2) is 56.8 Å². The van der Waals surface area contributed by atoms with E-state index in [1.165, 1.54) is 6.07 Å². The maximum Gasteiger partial charge on any atom is 0.328 e. The number of carbonyl (C=O) groups excluding carboxylic acids is 2. The number of nitrogens with zero attached hydrogens (tertiary/aromatic N) is 2. The Hall–Kier alpha value is -2.42. The Morgan fingerprint density at radius 1 is 1.30 bits per heavy atom. The minimum atomic E-state index is -3.65. The summed E-state index contributed by atoms with van der Waals surface area (Å²) >= 11 is 0. The monoisotopic (exact) mass is 393 g/mol. The SMILES string of the molecule is CC[C@@H]1CCCCN1C(=O)COC(=O)CN=C1NS(=O)(=O)c2ccccc21. The number of piperidine rings is 1. The van der Waals surface area contributed by atoms with Gasteiger partial charge in [-0.3, -0.25) is 19.3 Å². The van der Waals surface area contributed by atoms with E-state index in [0.717, 1.165) is 25.7 Å². The van der Waals surface area contributed by atoms with Crippen molar-refractivity contribution in [3.63, 3.8) is 0 Å². The number of fused-ring (bicyclic) bond motifs is 1. The van der Waals surface area contributed by atoms with Gasteiger partial charge in [0.1, 0.15) is 12.4 Å². The summed E-state index contributed by atoms with van der Waals surface area (Å²) in [5.74, 6) is -0.769. The molecule has 2 heterocycles. The van der Waals surface area contributed by atoms with E-state index in [4.69, 9.17) is 4.74 Å². The van der Waals surface area contributed by atoms with E-state index in [-0.39, 0.29) is 35.8 Å². The van der Waals surface area contributed by atoms with Gasteiger partial charge in [-0.25, -0.2) is 8.42 Å². The third-order valence-electron chi connectivity index (χ3n) is 4.80. The van der Waals surface area contributed by atoms with Crippen molar-refractivity contribution in [1.82, 2.24) is 9.62 Å². The van der Waals surface area contributed by atoms with Crippen molar-refractivity contribution in [2.24, 2.45) is 4.99 Å². The topological polar surface area (TPSA) is 105 Å². The largest absolute Gasteiger partial charge is 0.454 e. The zero-order chi connectivity index (χ0) is 19.4. The molecule has 27 heavy (non-hydrogen) atoms. The van der Waals surface area contributed by atoms with Crippen LogP contribution >= 0.6 is 0 Å². The average molecular weight is 393 g/mol. The predicted octanol–water partition coefficient (Wildman–Crippen LogP) is 1.06. The molecular formula is C18H23N3O5S. The molecule has 1 atom stereocenters. The van der Waals surface area contributed by atoms with Crippen LogP contribution in [0.15, 0.2) is 34.2 Å². The number of amides is 1. The Morgan fingerprint density at radius 2 is 2.07 bits per heavy atom. The van der Waals surface area contributed by atoms with Crippen LogP contribution < -0.4 is 4.72 Å². The van der Waals surface area contributed by atoms with Crippen LogP contribution in [0.25, 0.3) is 0 Å². The number of hydrogen-bond acceptors (Lipinski definition) is 6. The van der Waals surface area contributed by atoms with Crippen LogP contribution in [-0.2, 0) is 24.3 Å². The molecule has 0 aromatic heterocycles. The number of sulfonamides is 1. The van der Waals surface area contributed by atoms with Crippen LogP contribution in [0.2, 0.25) is 0 Å². The average Bonchev–Trinajstić information content (AvgIpc) is 2.95. The second-order valence-electron chi connectivity index (χ2n) is 6.57. The van der Waals surface area contributed by atoms with Crippen molar-refractivity contribution < 1.29 is 22.7 Å². The molecule has 0 unspecified atom stereocenters. The van der Waals surface area contributed by atoms with E-state index in [1.807, 2.05) is 6.92 Å². The van der Waals surface area contributed by atoms with Crippen molar-refractivity contribution in [2.45, 2.75) is 43.5 Å². The molecule has 2 aliphatic heterocycles. The Kier molecular flexibility index (Phi) is 5.79. The molecule has 1 aromatic rings. The lowest BCUT2D eigenvalue weighted by Gasteiger charge is -2.35. The first-order chi connectivity index (χ1) is 12.9. The van der Waals surface area contributed by atoms with Gasteiger partial charge in [0.25, 0.3) is 15.9 Å². The van der Waals surface area contributed by atoms with Crippen LogP contribution in [0.4, 0.5) is 0 Å². The smallest absolute Gasteiger partial charge is 0.328 e. The van der Waals surface area contributed by atoms with Crippen LogP contribution in [0.5, 0.6) is 0 Å². The maximum atomic E-state index is 12.3. The van der Waals surface area contributed by atoms with Gasteiger partial charge in [-0.15, -0.1) is 0 Å². The van der Waals surface area contributed by atoms with E-state index >= 15 is 0 Å². The van der Waals surface area contributed by atoms with Gasteiger partial charge >= 0.3 is 5.97 Å². The molecule has 9 heteroatoms. The molecule has 0 aliphatic carbocycles. The number of rotatable bonds is 5. The highest BCUT2D eigenvalue weighted by Gasteiger charge is 2.30. The Labute approximate surface area is 158 Å². The van der Waals surface area contributed by atoms with Crippen molar-refractivity contribution >= 4 is 27.7 Å². The van der Waals surface area contributed by atoms with Crippen LogP contribution in [0.3, 0.4) is 0 Å². The molecule has 2 aliphatic rings. The summed E-state index contributed by atoms with van der Waals surface area (Å²) in [6.45, 7) is 2.05. The number of esters is 1. The van der Waals surface area contributed by atoms with Gasteiger partial charge in [0.05, 0.1) is 4.90 Å². The zero-order valence-corrected chi connectivity index (χ0v) is 16.0. The molecule has 0 radical (unpaired) electrons. The highest BCUT2D eigenvalue weighted by atomic mass is 32.2. The van der Waals surface area contributed by atoms with Gasteiger partial charge in [0.2, 0.25) is 0 Å². The Bertz CT molecular complexity index is 866. The lowest BCUT2D eigenvalue weighted by atomic mass is 10.00. The summed E-state index contributed by atoms with van der Waals surface area (Å²) < 4.78 is 31.4. The van der Waals surface area contributed by atoms with E-state index in [1.54, 1.807) is 23.1 Å². The summed E-state index contributed by atoms with van der Waals surface area (Å²) in [6, 6.07) is 6.60. The number of nitrogens with one attached hydrogen (secondary N) is 1. The molecule has 0 bridgehead atoms. The number of likely N-dealkylation sites (tertiary alicyclic amines) is 1. The van der Waals surface area contributed by atoms with Crippen LogP contribution in [0.1, 0.15) is 38.2 Å². The van der Waals surface area contributed by atoms with E-state index in [9.17, 15) is 18.0 Å². The summed E-state index contributed by atoms with van der Waals surface area (Å²) in [7, 11) is -3.65. The summed E-state index contributed by atoms with van der Waals surface area (Å²) in [4.78, 5) is 30.2. The number of amidine groups is 1. The summed E-state index contributed by atoms with van der Waals surface area (Å²) in [5.41, 5.74) is 0.417. The number of hydrogen-bond donors (Lipinski definition) is 1. The van der Waals surface area contributed by atoms with Gasteiger partial charge in [0, 0.05) is 18.2 Å². The molecule has 1 aromatic carbocycles. The summed E-state index contributed by atoms with van der Waals surface area (Å²) in [5, 5.41) is 0. The minimum absolute atomic E-state index is 0.107. The maximum absolute atomic E-state index is 12.3. The molecule has 3 rings (SSSR count). The van der Waals surface area contributed by atoms with Gasteiger partial charge in [-0.2, -0.15) is 0 Å². The normalized spacial score (nSPS) is 22.2. The summed E-state index contributed by atoms with van der Waals surface area (Å²) in [6.07, 6.45) is 3.93. The van der Waals surface area contributed by atoms with Crippen molar-refractivity contribution in [2.75, 3.05) is 19.7 Å². The second-order valence-corrected chi connectivity index (χ2v) is 8.22. The fourth-order valence-corrected chi connectivity index (χ4v) is 4.67. The lowest BCUT2D eigenvalue weighted by Crippen LogP contribution is -2.45. The first-order valence-corrected chi connectivity index (χ1v) is 10.5. The van der Waals surface area contributed by atoms with Crippen molar-refractivity contribution in [3.05, 3.63) is 29.8 Å². The fourth-order valence-electron chi connectivity index (χ4n) is 3.42. The molecular weight excluding hydrogens is 370 g/mol. The molecule has 0 spiro atoms. The van der Waals surface area contributed by atoms with Gasteiger partial charge in [0.15, 0.2) is 6.61 Å². The third kappa shape index (κ3) is 4.29. The lowest BCUT2D eigenvalue weighted by molar-refractivity contribution is -0.152. The van der Waals surface area contributed by atoms with E-state index in [2.05, 4.69) is 9.71 Å². The molecule has 8 nitrogen and oxygen atoms in total. The van der Waals surface area contributed by atoms with Crippen LogP contribution in [0, 0.1) is 0 Å². The van der Waals surface area contributed by atoms with E-state index in [0.29, 0.717) is 12.1 Å². The van der Waals surface area contributed by atoms with Gasteiger partial charge in [-0.05, 0) is 37.8 Å². The molecule has 146 valence electrons. The standard InChI is InChI=1S/C18H23N3O5S/c1-2-13-7-5-6-10-21(13)16(22)12-26-17(23)11-19-18-14-8-3-4-9-15(14)27(24,25)20-18/h3-4,8-9,13H,2,5-7,10-12H2,1H3,(H,19,20)/t13-/m1/s1. The first kappa shape index (κ1) is 19.3. The van der Waals surface area contributed by atoms with Gasteiger partial charge in [-0.1, -0.05) is 19.1 Å². The number of aliphatic imine (C=N–C) groups is 1. The zero-order valence-electron chi connectivity index (χ0n) is 15.2. The highest BCUT2D eigenvalue weighted by Crippen LogP contribution is 2.22. The molecule has 0 saturated carbocycles. The second kappa shape index (κ2) is 8.08. The molecule has 1 amide bonds. The predicted molar refractivity (Wildman–Crippen MR) is 98.8 cm³/mol. The quantitative estimate of drug-likeness (QED) is 0.753. The van der Waals surface area contributed by atoms with Gasteiger partial charge < -0.3 is 9.64 Å². The minimum Gasteiger partial charge on any atom is -0.454 e. The Balaban J connectivity index is 1.56. The third-order valence-corrected chi connectivity index (χ3v) is 6.20. The van der Waals surface area contributed by atoms with E-state index < -0.39 is 16.0 Å². The molecule has 1 N–H and O–H groups in total. The number of benzene rings is 1. The highest BCUT2D eigenvalue weighted by molar-refractivity contribution is 7.90.